The van der Waals surface area contributed by atoms with E-state index >= 15 is 0 Å². The van der Waals surface area contributed by atoms with E-state index in [-0.39, 0.29) is 30.8 Å². The van der Waals surface area contributed by atoms with Crippen LogP contribution < -0.4 is 0 Å². The summed E-state index contributed by atoms with van der Waals surface area (Å²) in [5.74, 6) is -0.383. The fraction of sp³-hybridized carbons (Fsp3) is 0.391. The van der Waals surface area contributed by atoms with Crippen molar-refractivity contribution in [3.8, 4) is 0 Å². The summed E-state index contributed by atoms with van der Waals surface area (Å²) in [6, 6.07) is 16.6. The smallest absolute Gasteiger partial charge is 0.410 e. The van der Waals surface area contributed by atoms with Crippen LogP contribution in [0, 0.1) is 0 Å². The topological polar surface area (TPSA) is 65.1 Å². The minimum atomic E-state index is -0.383. The largest absolute Gasteiger partial charge is 0.465 e. The van der Waals surface area contributed by atoms with E-state index in [2.05, 4.69) is 0 Å². The molecule has 1 amide bonds. The van der Waals surface area contributed by atoms with Crippen LogP contribution in [0.3, 0.4) is 0 Å². The molecule has 1 heterocycles. The lowest BCUT2D eigenvalue weighted by molar-refractivity contribution is -0.0125. The van der Waals surface area contributed by atoms with Crippen LogP contribution in [0.5, 0.6) is 0 Å². The number of likely N-dealkylation sites (tertiary alicyclic amines) is 1. The Bertz CT molecular complexity index is 806. The summed E-state index contributed by atoms with van der Waals surface area (Å²) in [7, 11) is 1.36. The first-order valence-corrected chi connectivity index (χ1v) is 9.89. The van der Waals surface area contributed by atoms with Crippen molar-refractivity contribution in [1.29, 1.82) is 0 Å². The molecular weight excluding hydrogens is 370 g/mol. The van der Waals surface area contributed by atoms with Crippen LogP contribution in [0.4, 0.5) is 4.79 Å². The van der Waals surface area contributed by atoms with E-state index in [1.165, 1.54) is 7.11 Å². The fourth-order valence-electron chi connectivity index (χ4n) is 3.62. The zero-order chi connectivity index (χ0) is 20.6. The third-order valence-corrected chi connectivity index (χ3v) is 5.11. The van der Waals surface area contributed by atoms with Crippen LogP contribution in [0.1, 0.15) is 47.3 Å². The summed E-state index contributed by atoms with van der Waals surface area (Å²) in [5, 5.41) is 0. The van der Waals surface area contributed by atoms with E-state index in [4.69, 9.17) is 14.2 Å². The Balaban J connectivity index is 1.74. The number of carbonyl (C=O) groups is 2. The summed E-state index contributed by atoms with van der Waals surface area (Å²) in [5.41, 5.74) is 2.37. The highest BCUT2D eigenvalue weighted by Crippen LogP contribution is 2.33. The molecule has 1 fully saturated rings. The van der Waals surface area contributed by atoms with Crippen LogP contribution in [0.2, 0.25) is 0 Å². The molecule has 2 atom stereocenters. The molecular formula is C23H27NO5. The van der Waals surface area contributed by atoms with Gasteiger partial charge in [0.1, 0.15) is 6.61 Å². The number of esters is 1. The third kappa shape index (κ3) is 5.35. The molecule has 154 valence electrons. The first kappa shape index (κ1) is 20.9. The molecule has 1 aliphatic rings. The first-order chi connectivity index (χ1) is 14.1. The second-order valence-corrected chi connectivity index (χ2v) is 6.96. The summed E-state index contributed by atoms with van der Waals surface area (Å²) in [4.78, 5) is 26.3. The average Bonchev–Trinajstić information content (AvgIpc) is 2.78. The van der Waals surface area contributed by atoms with Gasteiger partial charge in [-0.2, -0.15) is 0 Å². The number of nitrogens with zero attached hydrogens (tertiary/aromatic N) is 1. The normalized spacial score (nSPS) is 18.9. The standard InChI is InChI=1S/C23H27NO5/c1-3-28-20-13-14-24(23(26)29-16-17-7-5-4-6-8-17)21(15-20)18-9-11-19(12-10-18)22(25)27-2/h4-12,20-21H,3,13-16H2,1-2H3/t20-,21+/m0/s1. The minimum absolute atomic E-state index is 0.0865. The van der Waals surface area contributed by atoms with E-state index in [9.17, 15) is 9.59 Å². The first-order valence-electron chi connectivity index (χ1n) is 9.89. The molecule has 0 unspecified atom stereocenters. The molecule has 2 aromatic carbocycles. The molecule has 0 aliphatic carbocycles. The highest BCUT2D eigenvalue weighted by Gasteiger charge is 2.34. The van der Waals surface area contributed by atoms with Gasteiger partial charge in [0.15, 0.2) is 0 Å². The highest BCUT2D eigenvalue weighted by atomic mass is 16.6. The minimum Gasteiger partial charge on any atom is -0.465 e. The van der Waals surface area contributed by atoms with E-state index in [0.717, 1.165) is 17.5 Å². The molecule has 1 aliphatic heterocycles. The summed E-state index contributed by atoms with van der Waals surface area (Å²) in [6.45, 7) is 3.40. The molecule has 6 nitrogen and oxygen atoms in total. The monoisotopic (exact) mass is 397 g/mol. The molecule has 3 rings (SSSR count). The number of rotatable bonds is 6. The Morgan fingerprint density at radius 1 is 1.07 bits per heavy atom. The number of benzene rings is 2. The molecule has 0 aromatic heterocycles. The van der Waals surface area contributed by atoms with Gasteiger partial charge < -0.3 is 19.1 Å². The van der Waals surface area contributed by atoms with Gasteiger partial charge in [-0.25, -0.2) is 9.59 Å². The summed E-state index contributed by atoms with van der Waals surface area (Å²) in [6.07, 6.45) is 1.20. The molecule has 6 heteroatoms. The zero-order valence-corrected chi connectivity index (χ0v) is 16.9. The number of carbonyl (C=O) groups excluding carboxylic acids is 2. The maximum Gasteiger partial charge on any atom is 0.410 e. The zero-order valence-electron chi connectivity index (χ0n) is 16.9. The molecule has 0 N–H and O–H groups in total. The Kier molecular flexibility index (Phi) is 7.25. The highest BCUT2D eigenvalue weighted by molar-refractivity contribution is 5.89. The summed E-state index contributed by atoms with van der Waals surface area (Å²) < 4.78 is 16.1. The fourth-order valence-corrected chi connectivity index (χ4v) is 3.62. The number of amides is 1. The Morgan fingerprint density at radius 3 is 2.45 bits per heavy atom. The number of hydrogen-bond donors (Lipinski definition) is 0. The lowest BCUT2D eigenvalue weighted by Gasteiger charge is -2.38. The quantitative estimate of drug-likeness (QED) is 0.678. The van der Waals surface area contributed by atoms with E-state index in [1.807, 2.05) is 49.4 Å². The predicted molar refractivity (Wildman–Crippen MR) is 109 cm³/mol. The molecule has 1 saturated heterocycles. The van der Waals surface area contributed by atoms with Crippen LogP contribution in [0.25, 0.3) is 0 Å². The average molecular weight is 397 g/mol. The van der Waals surface area contributed by atoms with Crippen molar-refractivity contribution in [3.05, 3.63) is 71.3 Å². The van der Waals surface area contributed by atoms with Crippen molar-refractivity contribution in [2.75, 3.05) is 20.3 Å². The van der Waals surface area contributed by atoms with Crippen LogP contribution in [-0.2, 0) is 20.8 Å². The maximum absolute atomic E-state index is 12.8. The van der Waals surface area contributed by atoms with Gasteiger partial charge in [-0.05, 0) is 43.0 Å². The van der Waals surface area contributed by atoms with Crippen molar-refractivity contribution in [3.63, 3.8) is 0 Å². The van der Waals surface area contributed by atoms with Crippen LogP contribution in [-0.4, -0.2) is 43.3 Å². The van der Waals surface area contributed by atoms with Gasteiger partial charge in [-0.1, -0.05) is 42.5 Å². The van der Waals surface area contributed by atoms with Gasteiger partial charge in [0.05, 0.1) is 24.8 Å². The molecule has 2 aromatic rings. The maximum atomic E-state index is 12.8. The number of methoxy groups -OCH3 is 1. The van der Waals surface area contributed by atoms with Crippen molar-refractivity contribution < 1.29 is 23.8 Å². The van der Waals surface area contributed by atoms with E-state index in [1.54, 1.807) is 17.0 Å². The Hall–Kier alpha value is -2.86. The lowest BCUT2D eigenvalue weighted by atomic mass is 9.93. The Morgan fingerprint density at radius 2 is 1.79 bits per heavy atom. The second kappa shape index (κ2) is 10.1. The second-order valence-electron chi connectivity index (χ2n) is 6.96. The van der Waals surface area contributed by atoms with Gasteiger partial charge >= 0.3 is 12.1 Å². The summed E-state index contributed by atoms with van der Waals surface area (Å²) >= 11 is 0. The van der Waals surface area contributed by atoms with Crippen molar-refractivity contribution >= 4 is 12.1 Å². The number of piperidine rings is 1. The van der Waals surface area contributed by atoms with Crippen LogP contribution >= 0.6 is 0 Å². The third-order valence-electron chi connectivity index (χ3n) is 5.11. The van der Waals surface area contributed by atoms with Crippen molar-refractivity contribution in [2.24, 2.45) is 0 Å². The molecule has 29 heavy (non-hydrogen) atoms. The number of ether oxygens (including phenoxy) is 3. The Labute approximate surface area is 171 Å². The molecule has 0 bridgehead atoms. The van der Waals surface area contributed by atoms with E-state index in [0.29, 0.717) is 25.1 Å². The van der Waals surface area contributed by atoms with Gasteiger partial charge in [0.25, 0.3) is 0 Å². The van der Waals surface area contributed by atoms with E-state index < -0.39 is 0 Å². The molecule has 0 radical (unpaired) electrons. The van der Waals surface area contributed by atoms with Gasteiger partial charge in [-0.15, -0.1) is 0 Å². The lowest BCUT2D eigenvalue weighted by Crippen LogP contribution is -2.43. The van der Waals surface area contributed by atoms with Crippen LogP contribution in [0.15, 0.2) is 54.6 Å². The predicted octanol–water partition coefficient (Wildman–Crippen LogP) is 4.35. The molecule has 0 spiro atoms. The van der Waals surface area contributed by atoms with Crippen molar-refractivity contribution in [1.82, 2.24) is 4.90 Å². The van der Waals surface area contributed by atoms with Crippen molar-refractivity contribution in [2.45, 2.75) is 38.5 Å². The number of hydrogen-bond acceptors (Lipinski definition) is 5. The van der Waals surface area contributed by atoms with Gasteiger partial charge in [0.2, 0.25) is 0 Å². The van der Waals surface area contributed by atoms with Gasteiger partial charge in [-0.3, -0.25) is 0 Å². The van der Waals surface area contributed by atoms with Gasteiger partial charge in [0, 0.05) is 13.2 Å². The molecule has 0 saturated carbocycles. The SMILES string of the molecule is CCO[C@H]1CCN(C(=O)OCc2ccccc2)[C@@H](c2ccc(C(=O)OC)cc2)C1.